The summed E-state index contributed by atoms with van der Waals surface area (Å²) in [6.45, 7) is 4.00. The molecule has 0 amide bonds. The molecule has 0 saturated heterocycles. The zero-order chi connectivity index (χ0) is 11.0. The van der Waals surface area contributed by atoms with Crippen molar-refractivity contribution in [2.45, 2.75) is 25.2 Å². The Morgan fingerprint density at radius 1 is 1.36 bits per heavy atom. The highest BCUT2D eigenvalue weighted by Crippen LogP contribution is 2.19. The Morgan fingerprint density at radius 3 is 2.43 bits per heavy atom. The van der Waals surface area contributed by atoms with Crippen LogP contribution in [0.1, 0.15) is 19.4 Å². The minimum Gasteiger partial charge on any atom is -0.481 e. The van der Waals surface area contributed by atoms with Crippen LogP contribution < -0.4 is 0 Å². The average molecular weight is 212 g/mol. The highest BCUT2D eigenvalue weighted by molar-refractivity contribution is 7.98. The first-order valence-electron chi connectivity index (χ1n) is 4.57. The predicted octanol–water partition coefficient (Wildman–Crippen LogP) is 3.06. The number of thioether (sulfide) groups is 1. The predicted molar refractivity (Wildman–Crippen MR) is 60.9 cm³/mol. The maximum absolute atomic E-state index is 10.4. The third kappa shape index (κ3) is 4.33. The van der Waals surface area contributed by atoms with Crippen LogP contribution in [-0.4, -0.2) is 17.3 Å². The Balaban J connectivity index is 0.000000791. The molecule has 0 aliphatic heterocycles. The molecule has 0 aliphatic rings. The van der Waals surface area contributed by atoms with Crippen LogP contribution in [0.3, 0.4) is 0 Å². The molecular formula is C11H16O2S. The number of carboxylic acid groups (broad SMARTS) is 1. The van der Waals surface area contributed by atoms with Gasteiger partial charge in [-0.1, -0.05) is 32.0 Å². The fraction of sp³-hybridized carbons (Fsp3) is 0.364. The molecule has 0 aromatic heterocycles. The van der Waals surface area contributed by atoms with Crippen molar-refractivity contribution < 1.29 is 9.90 Å². The van der Waals surface area contributed by atoms with Gasteiger partial charge in [-0.3, -0.25) is 4.79 Å². The molecule has 3 heteroatoms. The van der Waals surface area contributed by atoms with Crippen LogP contribution in [0.25, 0.3) is 0 Å². The molecule has 14 heavy (non-hydrogen) atoms. The lowest BCUT2D eigenvalue weighted by atomic mass is 10.1. The SMILES string of the molecule is CC.CSc1ccccc1CC(=O)O. The van der Waals surface area contributed by atoms with Gasteiger partial charge in [0.05, 0.1) is 6.42 Å². The molecule has 0 spiro atoms. The van der Waals surface area contributed by atoms with E-state index in [0.29, 0.717) is 0 Å². The molecule has 1 aromatic rings. The molecule has 0 radical (unpaired) electrons. The van der Waals surface area contributed by atoms with Crippen molar-refractivity contribution in [2.75, 3.05) is 6.26 Å². The lowest BCUT2D eigenvalue weighted by Gasteiger charge is -2.02. The maximum Gasteiger partial charge on any atom is 0.307 e. The largest absolute Gasteiger partial charge is 0.481 e. The van der Waals surface area contributed by atoms with Gasteiger partial charge in [0.2, 0.25) is 0 Å². The van der Waals surface area contributed by atoms with Gasteiger partial charge < -0.3 is 5.11 Å². The molecule has 0 atom stereocenters. The first-order chi connectivity index (χ1) is 6.74. The first kappa shape index (κ1) is 13.0. The van der Waals surface area contributed by atoms with Crippen molar-refractivity contribution in [3.63, 3.8) is 0 Å². The van der Waals surface area contributed by atoms with Crippen LogP contribution in [0.4, 0.5) is 0 Å². The van der Waals surface area contributed by atoms with E-state index in [1.54, 1.807) is 11.8 Å². The van der Waals surface area contributed by atoms with Crippen LogP contribution in [0.2, 0.25) is 0 Å². The van der Waals surface area contributed by atoms with E-state index in [2.05, 4.69) is 0 Å². The van der Waals surface area contributed by atoms with E-state index >= 15 is 0 Å². The number of rotatable bonds is 3. The molecule has 1 N–H and O–H groups in total. The minimum atomic E-state index is -0.781. The van der Waals surface area contributed by atoms with Crippen LogP contribution in [0.5, 0.6) is 0 Å². The smallest absolute Gasteiger partial charge is 0.307 e. The van der Waals surface area contributed by atoms with E-state index in [-0.39, 0.29) is 6.42 Å². The lowest BCUT2D eigenvalue weighted by molar-refractivity contribution is -0.136. The van der Waals surface area contributed by atoms with Gasteiger partial charge in [0, 0.05) is 4.90 Å². The molecule has 0 fully saturated rings. The zero-order valence-corrected chi connectivity index (χ0v) is 9.60. The Hall–Kier alpha value is -0.960. The lowest BCUT2D eigenvalue weighted by Crippen LogP contribution is -2.00. The molecular weight excluding hydrogens is 196 g/mol. The summed E-state index contributed by atoms with van der Waals surface area (Å²) in [4.78, 5) is 11.5. The summed E-state index contributed by atoms with van der Waals surface area (Å²) < 4.78 is 0. The Kier molecular flexibility index (Phi) is 6.93. The molecule has 0 saturated carbocycles. The van der Waals surface area contributed by atoms with Crippen molar-refractivity contribution in [3.8, 4) is 0 Å². The van der Waals surface area contributed by atoms with Gasteiger partial charge >= 0.3 is 5.97 Å². The van der Waals surface area contributed by atoms with Gasteiger partial charge in [-0.15, -0.1) is 11.8 Å². The quantitative estimate of drug-likeness (QED) is 0.782. The summed E-state index contributed by atoms with van der Waals surface area (Å²) in [5.41, 5.74) is 0.887. The van der Waals surface area contributed by atoms with Crippen molar-refractivity contribution in [3.05, 3.63) is 29.8 Å². The number of aliphatic carboxylic acids is 1. The number of benzene rings is 1. The molecule has 2 nitrogen and oxygen atoms in total. The van der Waals surface area contributed by atoms with E-state index in [0.717, 1.165) is 10.5 Å². The van der Waals surface area contributed by atoms with Crippen LogP contribution >= 0.6 is 11.8 Å². The van der Waals surface area contributed by atoms with Crippen molar-refractivity contribution in [1.29, 1.82) is 0 Å². The second-order valence-electron chi connectivity index (χ2n) is 2.38. The van der Waals surface area contributed by atoms with Crippen LogP contribution in [0.15, 0.2) is 29.2 Å². The minimum absolute atomic E-state index is 0.108. The third-order valence-electron chi connectivity index (χ3n) is 1.53. The van der Waals surface area contributed by atoms with Gasteiger partial charge in [0.1, 0.15) is 0 Å². The Labute approximate surface area is 89.3 Å². The van der Waals surface area contributed by atoms with Gasteiger partial charge in [-0.2, -0.15) is 0 Å². The first-order valence-corrected chi connectivity index (χ1v) is 5.80. The topological polar surface area (TPSA) is 37.3 Å². The molecule has 0 bridgehead atoms. The molecule has 0 aliphatic carbocycles. The number of hydrogen-bond acceptors (Lipinski definition) is 2. The van der Waals surface area contributed by atoms with E-state index in [4.69, 9.17) is 5.11 Å². The fourth-order valence-electron chi connectivity index (χ4n) is 1.01. The number of carboxylic acids is 1. The summed E-state index contributed by atoms with van der Waals surface area (Å²) in [6, 6.07) is 7.55. The van der Waals surface area contributed by atoms with E-state index in [9.17, 15) is 4.79 Å². The highest BCUT2D eigenvalue weighted by Gasteiger charge is 2.03. The highest BCUT2D eigenvalue weighted by atomic mass is 32.2. The molecule has 78 valence electrons. The maximum atomic E-state index is 10.4. The summed E-state index contributed by atoms with van der Waals surface area (Å²) in [6.07, 6.45) is 2.05. The van der Waals surface area contributed by atoms with Gasteiger partial charge in [-0.05, 0) is 17.9 Å². The molecule has 1 rings (SSSR count). The van der Waals surface area contributed by atoms with Gasteiger partial charge in [0.25, 0.3) is 0 Å². The standard InChI is InChI=1S/C9H10O2S.C2H6/c1-12-8-5-3-2-4-7(8)6-9(10)11;1-2/h2-5H,6H2,1H3,(H,10,11);1-2H3. The van der Waals surface area contributed by atoms with Crippen molar-refractivity contribution in [2.24, 2.45) is 0 Å². The van der Waals surface area contributed by atoms with Gasteiger partial charge in [0.15, 0.2) is 0 Å². The summed E-state index contributed by atoms with van der Waals surface area (Å²) in [7, 11) is 0. The second kappa shape index (κ2) is 7.44. The van der Waals surface area contributed by atoms with E-state index in [1.807, 2.05) is 44.4 Å². The number of hydrogen-bond donors (Lipinski definition) is 1. The summed E-state index contributed by atoms with van der Waals surface area (Å²) in [5.74, 6) is -0.781. The fourth-order valence-corrected chi connectivity index (χ4v) is 1.63. The van der Waals surface area contributed by atoms with Crippen LogP contribution in [0, 0.1) is 0 Å². The summed E-state index contributed by atoms with van der Waals surface area (Å²) in [5, 5.41) is 8.58. The summed E-state index contributed by atoms with van der Waals surface area (Å²) >= 11 is 1.57. The van der Waals surface area contributed by atoms with Gasteiger partial charge in [-0.25, -0.2) is 0 Å². The van der Waals surface area contributed by atoms with E-state index in [1.165, 1.54) is 0 Å². The Bertz CT molecular complexity index is 284. The molecule has 0 unspecified atom stereocenters. The van der Waals surface area contributed by atoms with Crippen molar-refractivity contribution >= 4 is 17.7 Å². The monoisotopic (exact) mass is 212 g/mol. The van der Waals surface area contributed by atoms with E-state index < -0.39 is 5.97 Å². The average Bonchev–Trinajstić information content (AvgIpc) is 2.21. The molecule has 1 aromatic carbocycles. The molecule has 0 heterocycles. The second-order valence-corrected chi connectivity index (χ2v) is 3.23. The zero-order valence-electron chi connectivity index (χ0n) is 8.78. The van der Waals surface area contributed by atoms with Crippen molar-refractivity contribution in [1.82, 2.24) is 0 Å². The normalized spacial score (nSPS) is 8.79. The number of carbonyl (C=O) groups is 1. The van der Waals surface area contributed by atoms with Crippen LogP contribution in [-0.2, 0) is 11.2 Å². The Morgan fingerprint density at radius 2 is 1.93 bits per heavy atom. The third-order valence-corrected chi connectivity index (χ3v) is 2.37.